The van der Waals surface area contributed by atoms with Gasteiger partial charge in [0.2, 0.25) is 0 Å². The fourth-order valence-corrected chi connectivity index (χ4v) is 2.26. The zero-order chi connectivity index (χ0) is 10.4. The molecule has 1 fully saturated rings. The molecule has 1 aliphatic rings. The van der Waals surface area contributed by atoms with E-state index in [1.54, 1.807) is 7.11 Å². The number of rotatable bonds is 6. The Morgan fingerprint density at radius 3 is 2.79 bits per heavy atom. The molecule has 2 N–H and O–H groups in total. The van der Waals surface area contributed by atoms with Gasteiger partial charge in [-0.15, -0.1) is 0 Å². The number of aliphatic hydroxyl groups excluding tert-OH is 1. The molecule has 3 nitrogen and oxygen atoms in total. The van der Waals surface area contributed by atoms with Crippen molar-refractivity contribution in [1.29, 1.82) is 0 Å². The minimum atomic E-state index is 0.239. The highest BCUT2D eigenvalue weighted by Gasteiger charge is 2.23. The van der Waals surface area contributed by atoms with Gasteiger partial charge in [0.15, 0.2) is 0 Å². The van der Waals surface area contributed by atoms with Crippen LogP contribution in [0.1, 0.15) is 32.6 Å². The molecule has 0 amide bonds. The van der Waals surface area contributed by atoms with Crippen molar-refractivity contribution < 1.29 is 9.84 Å². The van der Waals surface area contributed by atoms with E-state index in [1.165, 1.54) is 19.3 Å². The third-order valence-electron chi connectivity index (χ3n) is 3.01. The van der Waals surface area contributed by atoms with Crippen LogP contribution in [-0.2, 0) is 4.74 Å². The van der Waals surface area contributed by atoms with E-state index in [0.717, 1.165) is 12.3 Å². The lowest BCUT2D eigenvalue weighted by Crippen LogP contribution is -2.40. The van der Waals surface area contributed by atoms with Crippen LogP contribution in [-0.4, -0.2) is 37.5 Å². The van der Waals surface area contributed by atoms with Crippen molar-refractivity contribution in [3.05, 3.63) is 0 Å². The first kappa shape index (κ1) is 12.0. The van der Waals surface area contributed by atoms with Crippen molar-refractivity contribution in [3.63, 3.8) is 0 Å². The van der Waals surface area contributed by atoms with E-state index in [-0.39, 0.29) is 6.61 Å². The third-order valence-corrected chi connectivity index (χ3v) is 3.01. The van der Waals surface area contributed by atoms with Gasteiger partial charge in [-0.25, -0.2) is 0 Å². The topological polar surface area (TPSA) is 41.5 Å². The summed E-state index contributed by atoms with van der Waals surface area (Å²) in [6.07, 6.45) is 4.66. The quantitative estimate of drug-likeness (QED) is 0.677. The van der Waals surface area contributed by atoms with Crippen molar-refractivity contribution in [2.45, 2.75) is 44.7 Å². The fraction of sp³-hybridized carbons (Fsp3) is 1.00. The van der Waals surface area contributed by atoms with Crippen molar-refractivity contribution in [1.82, 2.24) is 5.32 Å². The lowest BCUT2D eigenvalue weighted by Gasteiger charge is -2.21. The zero-order valence-corrected chi connectivity index (χ0v) is 9.33. The van der Waals surface area contributed by atoms with E-state index < -0.39 is 0 Å². The maximum absolute atomic E-state index is 8.89. The van der Waals surface area contributed by atoms with Crippen LogP contribution in [0.15, 0.2) is 0 Å². The second-order valence-corrected chi connectivity index (χ2v) is 4.45. The van der Waals surface area contributed by atoms with Gasteiger partial charge in [-0.05, 0) is 31.6 Å². The number of hydrogen-bond donors (Lipinski definition) is 2. The smallest absolute Gasteiger partial charge is 0.0616 e. The Labute approximate surface area is 86.8 Å². The molecule has 1 aliphatic carbocycles. The minimum absolute atomic E-state index is 0.239. The summed E-state index contributed by atoms with van der Waals surface area (Å²) in [5, 5.41) is 12.5. The van der Waals surface area contributed by atoms with Crippen LogP contribution >= 0.6 is 0 Å². The van der Waals surface area contributed by atoms with Crippen LogP contribution in [0.3, 0.4) is 0 Å². The Kier molecular flexibility index (Phi) is 5.45. The summed E-state index contributed by atoms with van der Waals surface area (Å²) >= 11 is 0. The van der Waals surface area contributed by atoms with Crippen LogP contribution in [0.5, 0.6) is 0 Å². The predicted molar refractivity (Wildman–Crippen MR) is 57.3 cm³/mol. The third kappa shape index (κ3) is 3.95. The molecule has 0 bridgehead atoms. The van der Waals surface area contributed by atoms with Crippen LogP contribution < -0.4 is 5.32 Å². The van der Waals surface area contributed by atoms with E-state index in [9.17, 15) is 0 Å². The van der Waals surface area contributed by atoms with Gasteiger partial charge in [-0.3, -0.25) is 0 Å². The molecule has 0 aromatic carbocycles. The molecular formula is C11H23NO2. The van der Waals surface area contributed by atoms with Gasteiger partial charge in [0.25, 0.3) is 0 Å². The summed E-state index contributed by atoms with van der Waals surface area (Å²) in [7, 11) is 1.71. The van der Waals surface area contributed by atoms with Crippen LogP contribution in [0.2, 0.25) is 0 Å². The summed E-state index contributed by atoms with van der Waals surface area (Å²) in [5.74, 6) is 0.852. The van der Waals surface area contributed by atoms with Crippen molar-refractivity contribution in [2.75, 3.05) is 20.3 Å². The Bertz CT molecular complexity index is 146. The summed E-state index contributed by atoms with van der Waals surface area (Å²) in [4.78, 5) is 0. The van der Waals surface area contributed by atoms with Gasteiger partial charge >= 0.3 is 0 Å². The van der Waals surface area contributed by atoms with Gasteiger partial charge in [-0.2, -0.15) is 0 Å². The predicted octanol–water partition coefficient (Wildman–Crippen LogP) is 1.16. The molecule has 0 aromatic heterocycles. The van der Waals surface area contributed by atoms with Gasteiger partial charge in [-0.1, -0.05) is 6.92 Å². The first-order valence-corrected chi connectivity index (χ1v) is 5.62. The number of hydrogen-bond acceptors (Lipinski definition) is 3. The van der Waals surface area contributed by atoms with Crippen molar-refractivity contribution >= 4 is 0 Å². The summed E-state index contributed by atoms with van der Waals surface area (Å²) in [6.45, 7) is 3.24. The molecule has 1 saturated carbocycles. The van der Waals surface area contributed by atoms with E-state index in [0.29, 0.717) is 18.7 Å². The molecule has 0 aromatic rings. The molecule has 84 valence electrons. The monoisotopic (exact) mass is 201 g/mol. The summed E-state index contributed by atoms with van der Waals surface area (Å²) in [5.41, 5.74) is 0. The first-order chi connectivity index (χ1) is 6.76. The molecule has 0 heterocycles. The normalized spacial score (nSPS) is 29.4. The summed E-state index contributed by atoms with van der Waals surface area (Å²) in [6, 6.07) is 0.956. The number of aliphatic hydroxyl groups is 1. The summed E-state index contributed by atoms with van der Waals surface area (Å²) < 4.78 is 5.12. The molecule has 3 heteroatoms. The van der Waals surface area contributed by atoms with Crippen molar-refractivity contribution in [3.8, 4) is 0 Å². The average molecular weight is 201 g/mol. The second kappa shape index (κ2) is 6.38. The zero-order valence-electron chi connectivity index (χ0n) is 9.33. The Morgan fingerprint density at radius 1 is 1.50 bits per heavy atom. The number of methoxy groups -OCH3 is 1. The Morgan fingerprint density at radius 2 is 2.29 bits per heavy atom. The highest BCUT2D eigenvalue weighted by molar-refractivity contribution is 4.81. The number of ether oxygens (including phenoxy) is 1. The molecule has 3 unspecified atom stereocenters. The fourth-order valence-electron chi connectivity index (χ4n) is 2.26. The largest absolute Gasteiger partial charge is 0.396 e. The van der Waals surface area contributed by atoms with Crippen LogP contribution in [0.4, 0.5) is 0 Å². The maximum atomic E-state index is 8.89. The highest BCUT2D eigenvalue weighted by atomic mass is 16.5. The molecular weight excluding hydrogens is 178 g/mol. The average Bonchev–Trinajstić information content (AvgIpc) is 2.52. The first-order valence-electron chi connectivity index (χ1n) is 5.62. The van der Waals surface area contributed by atoms with Gasteiger partial charge in [0, 0.05) is 25.8 Å². The van der Waals surface area contributed by atoms with Gasteiger partial charge < -0.3 is 15.2 Å². The van der Waals surface area contributed by atoms with Gasteiger partial charge in [0.1, 0.15) is 0 Å². The molecule has 0 radical (unpaired) electrons. The maximum Gasteiger partial charge on any atom is 0.0616 e. The Balaban J connectivity index is 2.24. The van der Waals surface area contributed by atoms with E-state index >= 15 is 0 Å². The highest BCUT2D eigenvalue weighted by Crippen LogP contribution is 2.25. The van der Waals surface area contributed by atoms with Crippen LogP contribution in [0.25, 0.3) is 0 Å². The Hall–Kier alpha value is -0.120. The van der Waals surface area contributed by atoms with Crippen LogP contribution in [0, 0.1) is 5.92 Å². The van der Waals surface area contributed by atoms with E-state index in [4.69, 9.17) is 9.84 Å². The minimum Gasteiger partial charge on any atom is -0.396 e. The van der Waals surface area contributed by atoms with E-state index in [2.05, 4.69) is 12.2 Å². The standard InChI is InChI=1S/C11H23NO2/c1-9-3-4-10(7-9)12-11(5-6-13)8-14-2/h9-13H,3-8H2,1-2H3. The lowest BCUT2D eigenvalue weighted by molar-refractivity contribution is 0.142. The molecule has 0 spiro atoms. The lowest BCUT2D eigenvalue weighted by atomic mass is 10.1. The van der Waals surface area contributed by atoms with Gasteiger partial charge in [0.05, 0.1) is 6.61 Å². The molecule has 14 heavy (non-hydrogen) atoms. The SMILES string of the molecule is COCC(CCO)NC1CCC(C)C1. The molecule has 0 saturated heterocycles. The van der Waals surface area contributed by atoms with Crippen molar-refractivity contribution in [2.24, 2.45) is 5.92 Å². The molecule has 1 rings (SSSR count). The molecule has 3 atom stereocenters. The van der Waals surface area contributed by atoms with E-state index in [1.807, 2.05) is 0 Å². The number of nitrogens with one attached hydrogen (secondary N) is 1. The molecule has 0 aliphatic heterocycles. The second-order valence-electron chi connectivity index (χ2n) is 4.45.